The summed E-state index contributed by atoms with van der Waals surface area (Å²) in [6.07, 6.45) is 2.33. The zero-order chi connectivity index (χ0) is 10.8. The molecule has 78 valence electrons. The maximum Gasteiger partial charge on any atom is 0.211 e. The van der Waals surface area contributed by atoms with Crippen molar-refractivity contribution >= 4 is 5.97 Å². The Bertz CT molecular complexity index is 423. The van der Waals surface area contributed by atoms with Gasteiger partial charge in [-0.1, -0.05) is 0 Å². The van der Waals surface area contributed by atoms with E-state index in [-0.39, 0.29) is 6.42 Å². The summed E-state index contributed by atoms with van der Waals surface area (Å²) in [5.74, 6) is -2.85. The molecule has 0 N–H and O–H groups in total. The van der Waals surface area contributed by atoms with Crippen LogP contribution in [-0.4, -0.2) is 10.9 Å². The average molecular weight is 212 g/mol. The Morgan fingerprint density at radius 3 is 2.60 bits per heavy atom. The van der Waals surface area contributed by atoms with Crippen molar-refractivity contribution in [1.29, 1.82) is 0 Å². The first-order chi connectivity index (χ1) is 7.16. The minimum atomic E-state index is -0.828. The molecule has 0 saturated carbocycles. The summed E-state index contributed by atoms with van der Waals surface area (Å²) < 4.78 is 38.3. The first kappa shape index (κ1) is 9.89. The average Bonchev–Trinajstić information content (AvgIpc) is 2.20. The molecule has 5 heteroatoms. The number of pyridine rings is 1. The molecule has 2 heterocycles. The highest BCUT2D eigenvalue weighted by Gasteiger charge is 2.22. The van der Waals surface area contributed by atoms with E-state index in [4.69, 9.17) is 0 Å². The summed E-state index contributed by atoms with van der Waals surface area (Å²) in [7, 11) is 0. The molecule has 0 fully saturated rings. The van der Waals surface area contributed by atoms with Crippen LogP contribution in [0.4, 0.5) is 13.2 Å². The lowest BCUT2D eigenvalue weighted by Crippen LogP contribution is -2.12. The van der Waals surface area contributed by atoms with Crippen LogP contribution in [0.5, 0.6) is 0 Å². The van der Waals surface area contributed by atoms with Crippen molar-refractivity contribution in [2.24, 2.45) is 4.99 Å². The van der Waals surface area contributed by atoms with Crippen LogP contribution in [-0.2, 0) is 0 Å². The molecule has 2 nitrogen and oxygen atoms in total. The summed E-state index contributed by atoms with van der Waals surface area (Å²) >= 11 is 0. The van der Waals surface area contributed by atoms with Crippen molar-refractivity contribution in [3.05, 3.63) is 41.9 Å². The summed E-state index contributed by atoms with van der Waals surface area (Å²) in [4.78, 5) is 6.80. The van der Waals surface area contributed by atoms with Gasteiger partial charge in [0, 0.05) is 0 Å². The second kappa shape index (κ2) is 3.84. The number of rotatable bonds is 1. The minimum absolute atomic E-state index is 0.153. The molecule has 15 heavy (non-hydrogen) atoms. The maximum atomic E-state index is 13.2. The minimum Gasteiger partial charge on any atom is -0.257 e. The lowest BCUT2D eigenvalue weighted by atomic mass is 9.99. The molecule has 1 aliphatic rings. The van der Waals surface area contributed by atoms with Crippen LogP contribution in [0.2, 0.25) is 0 Å². The highest BCUT2D eigenvalue weighted by molar-refractivity contribution is 5.83. The van der Waals surface area contributed by atoms with Gasteiger partial charge in [0.1, 0.15) is 5.82 Å². The van der Waals surface area contributed by atoms with Crippen LogP contribution in [0.3, 0.4) is 0 Å². The van der Waals surface area contributed by atoms with Gasteiger partial charge in [0.15, 0.2) is 0 Å². The Balaban J connectivity index is 2.27. The summed E-state index contributed by atoms with van der Waals surface area (Å²) in [5.41, 5.74) is 0.349. The fraction of sp³-hybridized carbons (Fsp3) is 0.200. The highest BCUT2D eigenvalue weighted by atomic mass is 19.1. The number of aliphatic imine (C=N–C) groups is 1. The molecule has 0 amide bonds. The fourth-order valence-corrected chi connectivity index (χ4v) is 1.37. The molecular formula is C10H7F3N2. The second-order valence-corrected chi connectivity index (χ2v) is 3.15. The molecular weight excluding hydrogens is 205 g/mol. The van der Waals surface area contributed by atoms with Gasteiger partial charge in [0.25, 0.3) is 0 Å². The van der Waals surface area contributed by atoms with E-state index in [9.17, 15) is 13.2 Å². The van der Waals surface area contributed by atoms with Gasteiger partial charge in [0.05, 0.1) is 17.8 Å². The van der Waals surface area contributed by atoms with Crippen LogP contribution in [0, 0.1) is 5.82 Å². The molecule has 0 saturated heterocycles. The first-order valence-corrected chi connectivity index (χ1v) is 4.38. The SMILES string of the molecule is FC1=CCC(c2ccc(F)cn2)C(F)=N1. The van der Waals surface area contributed by atoms with Gasteiger partial charge in [-0.05, 0) is 24.6 Å². The largest absolute Gasteiger partial charge is 0.257 e. The van der Waals surface area contributed by atoms with E-state index in [1.807, 2.05) is 0 Å². The van der Waals surface area contributed by atoms with Gasteiger partial charge in [-0.15, -0.1) is 0 Å². The van der Waals surface area contributed by atoms with E-state index in [2.05, 4.69) is 9.98 Å². The third kappa shape index (κ3) is 2.06. The Hall–Kier alpha value is -1.65. The first-order valence-electron chi connectivity index (χ1n) is 4.38. The van der Waals surface area contributed by atoms with Gasteiger partial charge in [-0.2, -0.15) is 13.8 Å². The topological polar surface area (TPSA) is 25.2 Å². The summed E-state index contributed by atoms with van der Waals surface area (Å²) in [6.45, 7) is 0. The number of halogens is 3. The predicted molar refractivity (Wildman–Crippen MR) is 49.3 cm³/mol. The number of nitrogens with zero attached hydrogens (tertiary/aromatic N) is 2. The van der Waals surface area contributed by atoms with Crippen LogP contribution >= 0.6 is 0 Å². The molecule has 0 bridgehead atoms. The van der Waals surface area contributed by atoms with Crippen LogP contribution in [0.15, 0.2) is 35.3 Å². The van der Waals surface area contributed by atoms with E-state index >= 15 is 0 Å². The molecule has 0 spiro atoms. The predicted octanol–water partition coefficient (Wildman–Crippen LogP) is 2.89. The number of allylic oxidation sites excluding steroid dienone is 1. The van der Waals surface area contributed by atoms with Crippen molar-refractivity contribution in [3.63, 3.8) is 0 Å². The fourth-order valence-electron chi connectivity index (χ4n) is 1.37. The lowest BCUT2D eigenvalue weighted by Gasteiger charge is -2.14. The van der Waals surface area contributed by atoms with Gasteiger partial charge >= 0.3 is 0 Å². The Morgan fingerprint density at radius 2 is 2.00 bits per heavy atom. The van der Waals surface area contributed by atoms with E-state index in [0.29, 0.717) is 5.69 Å². The Labute approximate surface area is 84.2 Å². The molecule has 0 aliphatic carbocycles. The third-order valence-corrected chi connectivity index (χ3v) is 2.13. The molecule has 1 atom stereocenters. The molecule has 1 aliphatic heterocycles. The van der Waals surface area contributed by atoms with Crippen molar-refractivity contribution < 1.29 is 13.2 Å². The quantitative estimate of drug-likeness (QED) is 0.657. The van der Waals surface area contributed by atoms with Gasteiger partial charge in [-0.25, -0.2) is 4.39 Å². The number of hydrogen-bond donors (Lipinski definition) is 0. The van der Waals surface area contributed by atoms with E-state index < -0.39 is 23.7 Å². The smallest absolute Gasteiger partial charge is 0.211 e. The third-order valence-electron chi connectivity index (χ3n) is 2.13. The summed E-state index contributed by atoms with van der Waals surface area (Å²) in [6, 6.07) is 2.55. The van der Waals surface area contributed by atoms with Crippen molar-refractivity contribution in [1.82, 2.24) is 4.98 Å². The Kier molecular flexibility index (Phi) is 2.53. The Morgan fingerprint density at radius 1 is 1.20 bits per heavy atom. The van der Waals surface area contributed by atoms with Gasteiger partial charge < -0.3 is 0 Å². The monoisotopic (exact) mass is 212 g/mol. The molecule has 2 rings (SSSR count). The van der Waals surface area contributed by atoms with Crippen LogP contribution in [0.25, 0.3) is 0 Å². The molecule has 1 unspecified atom stereocenters. The van der Waals surface area contributed by atoms with Crippen LogP contribution < -0.4 is 0 Å². The van der Waals surface area contributed by atoms with Crippen molar-refractivity contribution in [2.75, 3.05) is 0 Å². The zero-order valence-corrected chi connectivity index (χ0v) is 7.62. The molecule has 0 aromatic carbocycles. The van der Waals surface area contributed by atoms with E-state index in [1.54, 1.807) is 0 Å². The van der Waals surface area contributed by atoms with Crippen LogP contribution in [0.1, 0.15) is 18.0 Å². The van der Waals surface area contributed by atoms with Crippen molar-refractivity contribution in [3.8, 4) is 0 Å². The number of aromatic nitrogens is 1. The van der Waals surface area contributed by atoms with Gasteiger partial charge in [0.2, 0.25) is 11.9 Å². The van der Waals surface area contributed by atoms with Crippen molar-refractivity contribution in [2.45, 2.75) is 12.3 Å². The number of hydrogen-bond acceptors (Lipinski definition) is 2. The second-order valence-electron chi connectivity index (χ2n) is 3.15. The standard InChI is InChI=1S/C10H7F3N2/c11-6-1-3-8(14-5-6)7-2-4-9(12)15-10(7)13/h1,3-5,7H,2H2. The zero-order valence-electron chi connectivity index (χ0n) is 7.62. The molecule has 1 aromatic rings. The van der Waals surface area contributed by atoms with Gasteiger partial charge in [-0.3, -0.25) is 4.98 Å². The molecule has 1 aromatic heterocycles. The normalized spacial score (nSPS) is 20.9. The lowest BCUT2D eigenvalue weighted by molar-refractivity contribution is 0.579. The summed E-state index contributed by atoms with van der Waals surface area (Å²) in [5, 5.41) is 0. The van der Waals surface area contributed by atoms with E-state index in [0.717, 1.165) is 6.20 Å². The molecule has 0 radical (unpaired) electrons. The van der Waals surface area contributed by atoms with E-state index in [1.165, 1.54) is 18.2 Å². The maximum absolute atomic E-state index is 13.2. The highest BCUT2D eigenvalue weighted by Crippen LogP contribution is 2.26.